The zero-order valence-corrected chi connectivity index (χ0v) is 17.6. The van der Waals surface area contributed by atoms with Crippen molar-refractivity contribution in [2.24, 2.45) is 11.8 Å². The van der Waals surface area contributed by atoms with Gasteiger partial charge in [0.1, 0.15) is 0 Å². The third-order valence-electron chi connectivity index (χ3n) is 4.85. The predicted molar refractivity (Wildman–Crippen MR) is 106 cm³/mol. The molecule has 0 aromatic carbocycles. The number of ether oxygens (including phenoxy) is 1. The van der Waals surface area contributed by atoms with Crippen LogP contribution in [0.4, 0.5) is 0 Å². The van der Waals surface area contributed by atoms with Gasteiger partial charge in [-0.15, -0.1) is 24.8 Å². The maximum absolute atomic E-state index is 6.27. The summed E-state index contributed by atoms with van der Waals surface area (Å²) in [6, 6.07) is 0.634. The van der Waals surface area contributed by atoms with E-state index in [-0.39, 0.29) is 24.8 Å². The molecule has 1 heterocycles. The predicted octanol–water partition coefficient (Wildman–Crippen LogP) is 4.38. The Morgan fingerprint density at radius 2 is 1.43 bits per heavy atom. The fourth-order valence-electron chi connectivity index (χ4n) is 3.17. The number of hydrogen-bond acceptors (Lipinski definition) is 3. The van der Waals surface area contributed by atoms with Gasteiger partial charge in [0.25, 0.3) is 0 Å². The van der Waals surface area contributed by atoms with Crippen molar-refractivity contribution in [2.45, 2.75) is 79.1 Å². The van der Waals surface area contributed by atoms with Gasteiger partial charge in [-0.25, -0.2) is 0 Å². The van der Waals surface area contributed by atoms with Crippen molar-refractivity contribution in [2.75, 3.05) is 26.2 Å². The van der Waals surface area contributed by atoms with Gasteiger partial charge in [0.15, 0.2) is 0 Å². The first-order chi connectivity index (χ1) is 9.97. The summed E-state index contributed by atoms with van der Waals surface area (Å²) in [5.74, 6) is 1.23. The second kappa shape index (κ2) is 13.7. The zero-order valence-electron chi connectivity index (χ0n) is 16.0. The summed E-state index contributed by atoms with van der Waals surface area (Å²) in [7, 11) is 0. The second-order valence-corrected chi connectivity index (χ2v) is 7.20. The quantitative estimate of drug-likeness (QED) is 0.609. The van der Waals surface area contributed by atoms with E-state index in [9.17, 15) is 0 Å². The van der Waals surface area contributed by atoms with Crippen LogP contribution in [0.3, 0.4) is 0 Å². The smallest absolute Gasteiger partial charge is 0.0616 e. The molecule has 0 amide bonds. The maximum Gasteiger partial charge on any atom is 0.0616 e. The summed E-state index contributed by atoms with van der Waals surface area (Å²) in [6.07, 6.45) is 4.44. The van der Waals surface area contributed by atoms with Crippen LogP contribution in [0.15, 0.2) is 0 Å². The van der Waals surface area contributed by atoms with Crippen LogP contribution in [0.2, 0.25) is 0 Å². The summed E-state index contributed by atoms with van der Waals surface area (Å²) in [6.45, 7) is 18.3. The number of nitrogens with zero attached hydrogens (tertiary/aromatic N) is 1. The fraction of sp³-hybridized carbons (Fsp3) is 1.00. The van der Waals surface area contributed by atoms with E-state index in [1.165, 1.54) is 38.9 Å². The van der Waals surface area contributed by atoms with Crippen LogP contribution < -0.4 is 5.32 Å². The first-order valence-electron chi connectivity index (χ1n) is 9.09. The minimum Gasteiger partial charge on any atom is -0.374 e. The molecule has 1 rings (SSSR count). The van der Waals surface area contributed by atoms with Gasteiger partial charge in [-0.3, -0.25) is 0 Å². The lowest BCUT2D eigenvalue weighted by atomic mass is 9.88. The SMILES string of the molecule is CCN(CC)CCCNC1CC(C(C)C)OC(C(C)C)C1.Cl.Cl. The van der Waals surface area contributed by atoms with Crippen molar-refractivity contribution < 1.29 is 4.74 Å². The Labute approximate surface area is 157 Å². The Kier molecular flexibility index (Phi) is 15.3. The molecule has 2 unspecified atom stereocenters. The van der Waals surface area contributed by atoms with Crippen molar-refractivity contribution in [3.63, 3.8) is 0 Å². The van der Waals surface area contributed by atoms with E-state index in [1.54, 1.807) is 0 Å². The van der Waals surface area contributed by atoms with Crippen LogP contribution in [-0.4, -0.2) is 49.3 Å². The highest BCUT2D eigenvalue weighted by atomic mass is 35.5. The lowest BCUT2D eigenvalue weighted by Gasteiger charge is -2.39. The molecule has 142 valence electrons. The standard InChI is InChI=1S/C18H38N2O.2ClH/c1-7-20(8-2)11-9-10-19-16-12-17(14(3)4)21-18(13-16)15(5)6;;/h14-19H,7-13H2,1-6H3;2*1H. The lowest BCUT2D eigenvalue weighted by Crippen LogP contribution is -2.46. The van der Waals surface area contributed by atoms with Gasteiger partial charge in [-0.05, 0) is 57.3 Å². The Bertz CT molecular complexity index is 258. The molecule has 5 heteroatoms. The fourth-order valence-corrected chi connectivity index (χ4v) is 3.17. The zero-order chi connectivity index (χ0) is 15.8. The van der Waals surface area contributed by atoms with Gasteiger partial charge in [0, 0.05) is 6.04 Å². The Morgan fingerprint density at radius 3 is 1.83 bits per heavy atom. The molecule has 0 radical (unpaired) electrons. The number of rotatable bonds is 9. The molecule has 0 aliphatic carbocycles. The molecule has 23 heavy (non-hydrogen) atoms. The molecule has 1 N–H and O–H groups in total. The molecule has 0 saturated carbocycles. The molecule has 1 fully saturated rings. The number of halogens is 2. The average molecular weight is 371 g/mol. The molecular weight excluding hydrogens is 331 g/mol. The normalized spacial score (nSPS) is 24.7. The van der Waals surface area contributed by atoms with Crippen LogP contribution in [0, 0.1) is 11.8 Å². The van der Waals surface area contributed by atoms with Crippen molar-refractivity contribution in [1.82, 2.24) is 10.2 Å². The van der Waals surface area contributed by atoms with Gasteiger partial charge in [0.2, 0.25) is 0 Å². The van der Waals surface area contributed by atoms with Crippen LogP contribution >= 0.6 is 24.8 Å². The third-order valence-corrected chi connectivity index (χ3v) is 4.85. The van der Waals surface area contributed by atoms with Gasteiger partial charge < -0.3 is 15.0 Å². The Morgan fingerprint density at radius 1 is 0.957 bits per heavy atom. The first-order valence-corrected chi connectivity index (χ1v) is 9.09. The maximum atomic E-state index is 6.27. The molecule has 3 nitrogen and oxygen atoms in total. The molecule has 0 bridgehead atoms. The van der Waals surface area contributed by atoms with Crippen molar-refractivity contribution >= 4 is 24.8 Å². The first kappa shape index (κ1) is 25.7. The van der Waals surface area contributed by atoms with E-state index in [1.807, 2.05) is 0 Å². The van der Waals surface area contributed by atoms with Crippen LogP contribution in [0.25, 0.3) is 0 Å². The minimum atomic E-state index is 0. The van der Waals surface area contributed by atoms with Gasteiger partial charge in [-0.2, -0.15) is 0 Å². The number of hydrogen-bond donors (Lipinski definition) is 1. The van der Waals surface area contributed by atoms with E-state index in [0.717, 1.165) is 6.54 Å². The molecular formula is C18H40Cl2N2O. The summed E-state index contributed by atoms with van der Waals surface area (Å²) in [5.41, 5.74) is 0. The van der Waals surface area contributed by atoms with E-state index < -0.39 is 0 Å². The minimum absolute atomic E-state index is 0. The van der Waals surface area contributed by atoms with E-state index in [4.69, 9.17) is 4.74 Å². The molecule has 2 atom stereocenters. The van der Waals surface area contributed by atoms with Crippen molar-refractivity contribution in [1.29, 1.82) is 0 Å². The topological polar surface area (TPSA) is 24.5 Å². The number of nitrogens with one attached hydrogen (secondary N) is 1. The summed E-state index contributed by atoms with van der Waals surface area (Å²) < 4.78 is 6.27. The lowest BCUT2D eigenvalue weighted by molar-refractivity contribution is -0.0993. The molecule has 1 aliphatic rings. The van der Waals surface area contributed by atoms with Crippen LogP contribution in [0.1, 0.15) is 60.8 Å². The highest BCUT2D eigenvalue weighted by Gasteiger charge is 2.32. The highest BCUT2D eigenvalue weighted by Crippen LogP contribution is 2.28. The highest BCUT2D eigenvalue weighted by molar-refractivity contribution is 5.85. The second-order valence-electron chi connectivity index (χ2n) is 7.20. The molecule has 1 saturated heterocycles. The van der Waals surface area contributed by atoms with Gasteiger partial charge in [0.05, 0.1) is 12.2 Å². The summed E-state index contributed by atoms with van der Waals surface area (Å²) in [4.78, 5) is 2.50. The molecule has 0 aromatic rings. The third kappa shape index (κ3) is 9.50. The summed E-state index contributed by atoms with van der Waals surface area (Å²) in [5, 5.41) is 3.79. The monoisotopic (exact) mass is 370 g/mol. The van der Waals surface area contributed by atoms with Gasteiger partial charge >= 0.3 is 0 Å². The van der Waals surface area contributed by atoms with Crippen molar-refractivity contribution in [3.05, 3.63) is 0 Å². The van der Waals surface area contributed by atoms with Crippen LogP contribution in [-0.2, 0) is 4.74 Å². The summed E-state index contributed by atoms with van der Waals surface area (Å²) >= 11 is 0. The average Bonchev–Trinajstić information content (AvgIpc) is 2.47. The molecule has 1 aliphatic heterocycles. The molecule has 0 spiro atoms. The van der Waals surface area contributed by atoms with E-state index >= 15 is 0 Å². The van der Waals surface area contributed by atoms with Crippen molar-refractivity contribution in [3.8, 4) is 0 Å². The van der Waals surface area contributed by atoms with E-state index in [0.29, 0.717) is 30.1 Å². The van der Waals surface area contributed by atoms with Gasteiger partial charge in [-0.1, -0.05) is 41.5 Å². The Balaban J connectivity index is 0. The largest absolute Gasteiger partial charge is 0.374 e. The van der Waals surface area contributed by atoms with Crippen LogP contribution in [0.5, 0.6) is 0 Å². The Hall–Kier alpha value is 0.460. The molecule has 0 aromatic heterocycles. The van der Waals surface area contributed by atoms with E-state index in [2.05, 4.69) is 51.8 Å².